The van der Waals surface area contributed by atoms with Crippen molar-refractivity contribution >= 4 is 19.8 Å². The zero-order valence-corrected chi connectivity index (χ0v) is 32.7. The number of unbranched alkanes of at least 4 members (excludes halogenated alkanes) is 10. The van der Waals surface area contributed by atoms with Crippen LogP contribution >= 0.6 is 7.82 Å². The predicted octanol–water partition coefficient (Wildman–Crippen LogP) is 10.7. The summed E-state index contributed by atoms with van der Waals surface area (Å²) in [5.74, 6) is -0.902. The maximum Gasteiger partial charge on any atom is 0.472 e. The van der Waals surface area contributed by atoms with Gasteiger partial charge in [-0.15, -0.1) is 0 Å². The Bertz CT molecular complexity index is 1070. The van der Waals surface area contributed by atoms with Crippen molar-refractivity contribution in [3.8, 4) is 0 Å². The van der Waals surface area contributed by atoms with E-state index in [4.69, 9.17) is 24.3 Å². The van der Waals surface area contributed by atoms with Gasteiger partial charge in [0.2, 0.25) is 0 Å². The summed E-state index contributed by atoms with van der Waals surface area (Å²) in [6, 6.07) is 0. The fourth-order valence-electron chi connectivity index (χ4n) is 4.71. The van der Waals surface area contributed by atoms with Crippen molar-refractivity contribution in [2.75, 3.05) is 26.4 Å². The molecule has 2 atom stereocenters. The highest BCUT2D eigenvalue weighted by Crippen LogP contribution is 2.43. The average molecular weight is 736 g/mol. The Morgan fingerprint density at radius 1 is 0.608 bits per heavy atom. The molecule has 0 radical (unpaired) electrons. The van der Waals surface area contributed by atoms with Crippen LogP contribution in [0.5, 0.6) is 0 Å². The zero-order valence-electron chi connectivity index (χ0n) is 31.8. The molecule has 51 heavy (non-hydrogen) atoms. The molecule has 0 aliphatic heterocycles. The Labute approximate surface area is 310 Å². The van der Waals surface area contributed by atoms with Crippen molar-refractivity contribution in [2.45, 2.75) is 148 Å². The molecule has 0 fully saturated rings. The quantitative estimate of drug-likeness (QED) is 0.0282. The van der Waals surface area contributed by atoms with E-state index in [1.54, 1.807) is 0 Å². The number of nitrogens with two attached hydrogens (primary N) is 1. The SMILES string of the molecule is CC/C=C\C/C=C\C/C=C\C/C=C\CCCCC(=O)OC(COC(=O)CCCCCCC/C=C\C/C=C\CCCCC)COP(=O)(O)OCCN. The molecule has 0 saturated carbocycles. The van der Waals surface area contributed by atoms with Crippen LogP contribution < -0.4 is 5.73 Å². The number of phosphoric acid groups is 1. The second-order valence-corrected chi connectivity index (χ2v) is 13.9. The second-order valence-electron chi connectivity index (χ2n) is 12.4. The summed E-state index contributed by atoms with van der Waals surface area (Å²) in [5, 5.41) is 0. The van der Waals surface area contributed by atoms with Crippen LogP contribution in [-0.4, -0.2) is 49.3 Å². The molecule has 2 unspecified atom stereocenters. The fourth-order valence-corrected chi connectivity index (χ4v) is 5.48. The van der Waals surface area contributed by atoms with Gasteiger partial charge >= 0.3 is 19.8 Å². The molecular formula is C41H70NO8P. The van der Waals surface area contributed by atoms with Gasteiger partial charge in [-0.05, 0) is 83.5 Å². The Morgan fingerprint density at radius 3 is 1.65 bits per heavy atom. The highest BCUT2D eigenvalue weighted by molar-refractivity contribution is 7.47. The van der Waals surface area contributed by atoms with Gasteiger partial charge in [0.25, 0.3) is 0 Å². The van der Waals surface area contributed by atoms with Crippen molar-refractivity contribution < 1.29 is 37.6 Å². The smallest absolute Gasteiger partial charge is 0.462 e. The number of allylic oxidation sites excluding steroid dienone is 12. The number of rotatable bonds is 35. The van der Waals surface area contributed by atoms with E-state index in [1.165, 1.54) is 25.7 Å². The topological polar surface area (TPSA) is 134 Å². The molecule has 0 bridgehead atoms. The number of carbonyl (C=O) groups is 2. The monoisotopic (exact) mass is 735 g/mol. The first-order valence-corrected chi connectivity index (χ1v) is 20.9. The average Bonchev–Trinajstić information content (AvgIpc) is 3.11. The maximum atomic E-state index is 12.5. The second kappa shape index (κ2) is 37.2. The molecule has 0 amide bonds. The molecule has 0 aromatic carbocycles. The molecule has 0 aromatic heterocycles. The largest absolute Gasteiger partial charge is 0.472 e. The molecule has 0 heterocycles. The molecular weight excluding hydrogens is 665 g/mol. The molecule has 10 heteroatoms. The van der Waals surface area contributed by atoms with Gasteiger partial charge in [0.15, 0.2) is 6.10 Å². The maximum absolute atomic E-state index is 12.5. The standard InChI is InChI=1S/C41H70NO8P/c1-3-5-7-9-11-13-15-17-19-21-23-25-27-29-31-33-40(43)47-37-39(38-49-51(45,46)48-36-35-42)50-41(44)34-32-30-28-26-24-22-20-18-16-14-12-10-8-6-4-2/h6,8,11-14,17-20,24,26,39H,3-5,7,9-10,15-16,21-23,25,27-38,42H2,1-2H3,(H,45,46)/b8-6-,13-11-,14-12-,19-17-,20-18-,26-24-. The van der Waals surface area contributed by atoms with E-state index in [2.05, 4.69) is 86.8 Å². The lowest BCUT2D eigenvalue weighted by atomic mass is 10.1. The molecule has 0 aliphatic rings. The lowest BCUT2D eigenvalue weighted by Crippen LogP contribution is -2.29. The Balaban J connectivity index is 4.33. The van der Waals surface area contributed by atoms with Gasteiger partial charge in [-0.25, -0.2) is 4.57 Å². The van der Waals surface area contributed by atoms with E-state index in [1.807, 2.05) is 0 Å². The van der Waals surface area contributed by atoms with Gasteiger partial charge in [-0.3, -0.25) is 18.6 Å². The van der Waals surface area contributed by atoms with Crippen molar-refractivity contribution in [1.82, 2.24) is 0 Å². The predicted molar refractivity (Wildman–Crippen MR) is 210 cm³/mol. The summed E-state index contributed by atoms with van der Waals surface area (Å²) in [7, 11) is -4.39. The Morgan fingerprint density at radius 2 is 1.08 bits per heavy atom. The van der Waals surface area contributed by atoms with Crippen LogP contribution in [0.25, 0.3) is 0 Å². The first-order chi connectivity index (χ1) is 24.8. The number of ether oxygens (including phenoxy) is 2. The van der Waals surface area contributed by atoms with Crippen LogP contribution in [0.15, 0.2) is 72.9 Å². The van der Waals surface area contributed by atoms with Gasteiger partial charge in [0.05, 0.1) is 13.2 Å². The third-order valence-electron chi connectivity index (χ3n) is 7.58. The first-order valence-electron chi connectivity index (χ1n) is 19.4. The van der Waals surface area contributed by atoms with E-state index in [0.29, 0.717) is 12.8 Å². The van der Waals surface area contributed by atoms with E-state index in [9.17, 15) is 19.0 Å². The van der Waals surface area contributed by atoms with Crippen LogP contribution in [0.3, 0.4) is 0 Å². The van der Waals surface area contributed by atoms with Crippen molar-refractivity contribution in [3.63, 3.8) is 0 Å². The summed E-state index contributed by atoms with van der Waals surface area (Å²) < 4.78 is 32.6. The van der Waals surface area contributed by atoms with Gasteiger partial charge in [-0.1, -0.05) is 119 Å². The highest BCUT2D eigenvalue weighted by atomic mass is 31.2. The third-order valence-corrected chi connectivity index (χ3v) is 8.56. The van der Waals surface area contributed by atoms with Crippen LogP contribution in [0.1, 0.15) is 142 Å². The molecule has 0 saturated heterocycles. The van der Waals surface area contributed by atoms with Crippen molar-refractivity contribution in [1.29, 1.82) is 0 Å². The minimum absolute atomic E-state index is 0.0407. The molecule has 9 nitrogen and oxygen atoms in total. The summed E-state index contributed by atoms with van der Waals surface area (Å²) in [4.78, 5) is 34.7. The lowest BCUT2D eigenvalue weighted by Gasteiger charge is -2.19. The molecule has 0 aliphatic carbocycles. The number of hydrogen-bond donors (Lipinski definition) is 2. The molecule has 0 rings (SSSR count). The van der Waals surface area contributed by atoms with Gasteiger partial charge in [0, 0.05) is 19.4 Å². The fraction of sp³-hybridized carbons (Fsp3) is 0.659. The number of phosphoric ester groups is 1. The molecule has 3 N–H and O–H groups in total. The minimum atomic E-state index is -4.39. The Hall–Kier alpha value is -2.55. The summed E-state index contributed by atoms with van der Waals surface area (Å²) in [6.45, 7) is 3.49. The van der Waals surface area contributed by atoms with Gasteiger partial charge in [0.1, 0.15) is 6.61 Å². The molecule has 0 aromatic rings. The van der Waals surface area contributed by atoms with Crippen LogP contribution in [0.2, 0.25) is 0 Å². The highest BCUT2D eigenvalue weighted by Gasteiger charge is 2.25. The zero-order chi connectivity index (χ0) is 37.5. The number of hydrogen-bond acceptors (Lipinski definition) is 8. The molecule has 292 valence electrons. The van der Waals surface area contributed by atoms with E-state index < -0.39 is 32.5 Å². The number of esters is 2. The van der Waals surface area contributed by atoms with Crippen molar-refractivity contribution in [3.05, 3.63) is 72.9 Å². The minimum Gasteiger partial charge on any atom is -0.462 e. The first kappa shape index (κ1) is 48.5. The van der Waals surface area contributed by atoms with Crippen LogP contribution in [0.4, 0.5) is 0 Å². The van der Waals surface area contributed by atoms with E-state index >= 15 is 0 Å². The van der Waals surface area contributed by atoms with Crippen LogP contribution in [0, 0.1) is 0 Å². The summed E-state index contributed by atoms with van der Waals surface area (Å²) in [6.07, 6.45) is 43.6. The molecule has 0 spiro atoms. The van der Waals surface area contributed by atoms with E-state index in [-0.39, 0.29) is 32.6 Å². The van der Waals surface area contributed by atoms with Crippen molar-refractivity contribution in [2.24, 2.45) is 5.73 Å². The lowest BCUT2D eigenvalue weighted by molar-refractivity contribution is -0.161. The third kappa shape index (κ3) is 37.0. The summed E-state index contributed by atoms with van der Waals surface area (Å²) >= 11 is 0. The van der Waals surface area contributed by atoms with Gasteiger partial charge < -0.3 is 20.1 Å². The van der Waals surface area contributed by atoms with Gasteiger partial charge in [-0.2, -0.15) is 0 Å². The Kier molecular flexibility index (Phi) is 35.4. The van der Waals surface area contributed by atoms with Crippen LogP contribution in [-0.2, 0) is 32.7 Å². The normalized spacial score (nSPS) is 14.2. The van der Waals surface area contributed by atoms with E-state index in [0.717, 1.165) is 77.0 Å². The number of carbonyl (C=O) groups excluding carboxylic acids is 2. The summed E-state index contributed by atoms with van der Waals surface area (Å²) in [5.41, 5.74) is 5.33.